The zero-order valence-corrected chi connectivity index (χ0v) is 16.8. The highest BCUT2D eigenvalue weighted by atomic mass is 32.1. The van der Waals surface area contributed by atoms with Crippen LogP contribution in [0.1, 0.15) is 37.7 Å². The first-order valence-corrected chi connectivity index (χ1v) is 9.72. The molecule has 0 bridgehead atoms. The van der Waals surface area contributed by atoms with Gasteiger partial charge < -0.3 is 14.4 Å². The quantitative estimate of drug-likeness (QED) is 0.420. The molecule has 0 unspecified atom stereocenters. The molecule has 1 aromatic carbocycles. The van der Waals surface area contributed by atoms with E-state index in [1.54, 1.807) is 23.0 Å². The first-order chi connectivity index (χ1) is 13.1. The SMILES string of the molecule is C=CCOc1ccc(C=C2C(=O)N(C3CCCCC3)C(=S)N2C)cc1OC. The number of carbonyl (C=O) groups is 1. The number of thiocarbonyl (C=S) groups is 1. The number of ether oxygens (including phenoxy) is 2. The molecule has 3 rings (SSSR count). The van der Waals surface area contributed by atoms with Crippen molar-refractivity contribution in [1.29, 1.82) is 0 Å². The molecule has 1 saturated carbocycles. The van der Waals surface area contributed by atoms with Crippen LogP contribution in [0.3, 0.4) is 0 Å². The molecule has 144 valence electrons. The minimum atomic E-state index is -0.0136. The molecule has 2 fully saturated rings. The second-order valence-electron chi connectivity index (χ2n) is 6.85. The van der Waals surface area contributed by atoms with Gasteiger partial charge in [-0.1, -0.05) is 38.0 Å². The third-order valence-electron chi connectivity index (χ3n) is 5.08. The lowest BCUT2D eigenvalue weighted by Gasteiger charge is -2.30. The fourth-order valence-electron chi connectivity index (χ4n) is 3.64. The molecule has 1 heterocycles. The van der Waals surface area contributed by atoms with E-state index < -0.39 is 0 Å². The number of likely N-dealkylation sites (N-methyl/N-ethyl adjacent to an activating group) is 1. The highest BCUT2D eigenvalue weighted by molar-refractivity contribution is 7.80. The summed E-state index contributed by atoms with van der Waals surface area (Å²) in [6, 6.07) is 5.82. The van der Waals surface area contributed by atoms with Gasteiger partial charge in [0.2, 0.25) is 0 Å². The van der Waals surface area contributed by atoms with Crippen molar-refractivity contribution in [3.05, 3.63) is 42.1 Å². The van der Waals surface area contributed by atoms with E-state index in [0.29, 0.717) is 28.9 Å². The van der Waals surface area contributed by atoms with Crippen LogP contribution in [0.15, 0.2) is 36.6 Å². The van der Waals surface area contributed by atoms with Crippen LogP contribution >= 0.6 is 12.2 Å². The molecular formula is C21H26N2O3S. The van der Waals surface area contributed by atoms with Crippen molar-refractivity contribution < 1.29 is 14.3 Å². The summed E-state index contributed by atoms with van der Waals surface area (Å²) >= 11 is 5.57. The highest BCUT2D eigenvalue weighted by Crippen LogP contribution is 2.32. The van der Waals surface area contributed by atoms with Gasteiger partial charge in [-0.3, -0.25) is 9.69 Å². The second-order valence-corrected chi connectivity index (χ2v) is 7.21. The Kier molecular flexibility index (Phi) is 6.16. The Hall–Kier alpha value is -2.34. The average Bonchev–Trinajstić information content (AvgIpc) is 2.90. The number of nitrogens with zero attached hydrogens (tertiary/aromatic N) is 2. The Bertz CT molecular complexity index is 769. The van der Waals surface area contributed by atoms with E-state index >= 15 is 0 Å². The van der Waals surface area contributed by atoms with Gasteiger partial charge in [0.05, 0.1) is 7.11 Å². The summed E-state index contributed by atoms with van der Waals surface area (Å²) < 4.78 is 11.0. The lowest BCUT2D eigenvalue weighted by molar-refractivity contribution is -0.124. The van der Waals surface area contributed by atoms with E-state index in [1.165, 1.54) is 6.42 Å². The Balaban J connectivity index is 1.86. The highest BCUT2D eigenvalue weighted by Gasteiger charge is 2.40. The molecule has 0 atom stereocenters. The van der Waals surface area contributed by atoms with Gasteiger partial charge in [0.15, 0.2) is 16.6 Å². The topological polar surface area (TPSA) is 42.0 Å². The summed E-state index contributed by atoms with van der Waals surface area (Å²) in [7, 11) is 3.45. The minimum Gasteiger partial charge on any atom is -0.493 e. The predicted molar refractivity (Wildman–Crippen MR) is 111 cm³/mol. The van der Waals surface area contributed by atoms with E-state index in [9.17, 15) is 4.79 Å². The molecule has 0 spiro atoms. The van der Waals surface area contributed by atoms with Crippen molar-refractivity contribution in [1.82, 2.24) is 9.80 Å². The van der Waals surface area contributed by atoms with Crippen molar-refractivity contribution in [2.45, 2.75) is 38.1 Å². The molecule has 0 N–H and O–H groups in total. The Morgan fingerprint density at radius 3 is 2.67 bits per heavy atom. The lowest BCUT2D eigenvalue weighted by atomic mass is 9.94. The molecular weight excluding hydrogens is 360 g/mol. The van der Waals surface area contributed by atoms with Gasteiger partial charge in [-0.2, -0.15) is 0 Å². The van der Waals surface area contributed by atoms with Gasteiger partial charge in [0, 0.05) is 13.1 Å². The third-order valence-corrected chi connectivity index (χ3v) is 5.55. The molecule has 1 amide bonds. The number of rotatable bonds is 6. The van der Waals surface area contributed by atoms with Crippen LogP contribution in [0.4, 0.5) is 0 Å². The average molecular weight is 387 g/mol. The summed E-state index contributed by atoms with van der Waals surface area (Å²) in [4.78, 5) is 16.7. The Morgan fingerprint density at radius 1 is 1.26 bits per heavy atom. The van der Waals surface area contributed by atoms with Gasteiger partial charge >= 0.3 is 0 Å². The normalized spacial score (nSPS) is 19.7. The van der Waals surface area contributed by atoms with E-state index in [0.717, 1.165) is 31.2 Å². The van der Waals surface area contributed by atoms with Gasteiger partial charge in [-0.15, -0.1) is 0 Å². The van der Waals surface area contributed by atoms with E-state index in [-0.39, 0.29) is 11.9 Å². The maximum Gasteiger partial charge on any atom is 0.277 e. The molecule has 1 saturated heterocycles. The fraction of sp³-hybridized carbons (Fsp3) is 0.429. The van der Waals surface area contributed by atoms with Crippen LogP contribution in [0.5, 0.6) is 11.5 Å². The molecule has 1 aliphatic heterocycles. The number of hydrogen-bond acceptors (Lipinski definition) is 4. The van der Waals surface area contributed by atoms with Crippen molar-refractivity contribution in [2.24, 2.45) is 0 Å². The molecule has 1 aromatic rings. The molecule has 27 heavy (non-hydrogen) atoms. The number of hydrogen-bond donors (Lipinski definition) is 0. The second kappa shape index (κ2) is 8.57. The van der Waals surface area contributed by atoms with Crippen molar-refractivity contribution in [2.75, 3.05) is 20.8 Å². The lowest BCUT2D eigenvalue weighted by Crippen LogP contribution is -2.41. The number of benzene rings is 1. The predicted octanol–water partition coefficient (Wildman–Crippen LogP) is 3.99. The van der Waals surface area contributed by atoms with Crippen LogP contribution in [0.25, 0.3) is 6.08 Å². The van der Waals surface area contributed by atoms with E-state index in [1.807, 2.05) is 31.3 Å². The van der Waals surface area contributed by atoms with Crippen LogP contribution in [-0.2, 0) is 4.79 Å². The molecule has 0 radical (unpaired) electrons. The molecule has 6 heteroatoms. The zero-order valence-electron chi connectivity index (χ0n) is 15.9. The summed E-state index contributed by atoms with van der Waals surface area (Å²) in [5, 5.41) is 0.594. The first-order valence-electron chi connectivity index (χ1n) is 9.31. The summed E-state index contributed by atoms with van der Waals surface area (Å²) in [6.45, 7) is 4.06. The minimum absolute atomic E-state index is 0.0136. The smallest absolute Gasteiger partial charge is 0.277 e. The maximum absolute atomic E-state index is 13.1. The van der Waals surface area contributed by atoms with E-state index in [2.05, 4.69) is 6.58 Å². The van der Waals surface area contributed by atoms with Crippen molar-refractivity contribution in [3.63, 3.8) is 0 Å². The van der Waals surface area contributed by atoms with Crippen LogP contribution < -0.4 is 9.47 Å². The van der Waals surface area contributed by atoms with Crippen molar-refractivity contribution in [3.8, 4) is 11.5 Å². The number of amides is 1. The fourth-order valence-corrected chi connectivity index (χ4v) is 3.97. The van der Waals surface area contributed by atoms with E-state index in [4.69, 9.17) is 21.7 Å². The van der Waals surface area contributed by atoms with Crippen LogP contribution in [0, 0.1) is 0 Å². The standard InChI is InChI=1S/C21H26N2O3S/c1-4-12-26-18-11-10-15(14-19(18)25-3)13-17-20(24)23(21(27)22(17)2)16-8-6-5-7-9-16/h4,10-11,13-14,16H,1,5-9,12H2,2-3H3. The third kappa shape index (κ3) is 4.00. The zero-order chi connectivity index (χ0) is 19.4. The maximum atomic E-state index is 13.1. The Labute approximate surface area is 166 Å². The molecule has 1 aliphatic carbocycles. The molecule has 0 aromatic heterocycles. The van der Waals surface area contributed by atoms with Crippen LogP contribution in [0.2, 0.25) is 0 Å². The van der Waals surface area contributed by atoms with Gasteiger partial charge in [0.25, 0.3) is 5.91 Å². The number of methoxy groups -OCH3 is 1. The largest absolute Gasteiger partial charge is 0.493 e. The molecule has 2 aliphatic rings. The van der Waals surface area contributed by atoms with Crippen molar-refractivity contribution >= 4 is 29.3 Å². The summed E-state index contributed by atoms with van der Waals surface area (Å²) in [6.07, 6.45) is 9.14. The first kappa shape index (κ1) is 19.4. The monoisotopic (exact) mass is 386 g/mol. The number of carbonyl (C=O) groups excluding carboxylic acids is 1. The molecule has 5 nitrogen and oxygen atoms in total. The summed E-state index contributed by atoms with van der Waals surface area (Å²) in [5.74, 6) is 1.25. The van der Waals surface area contributed by atoms with Gasteiger partial charge in [0.1, 0.15) is 12.3 Å². The Morgan fingerprint density at radius 2 is 2.00 bits per heavy atom. The van der Waals surface area contributed by atoms with Gasteiger partial charge in [-0.25, -0.2) is 0 Å². The summed E-state index contributed by atoms with van der Waals surface area (Å²) in [5.41, 5.74) is 1.45. The van der Waals surface area contributed by atoms with Gasteiger partial charge in [-0.05, 0) is 48.8 Å². The van der Waals surface area contributed by atoms with Crippen LogP contribution in [-0.4, -0.2) is 47.6 Å².